The van der Waals surface area contributed by atoms with Crippen molar-refractivity contribution in [1.29, 1.82) is 0 Å². The second-order valence-corrected chi connectivity index (χ2v) is 14.3. The number of aliphatic imine (C=N–C) groups is 1. The van der Waals surface area contributed by atoms with Crippen LogP contribution in [-0.4, -0.2) is 73.3 Å². The standard InChI is InChI=1S/C32H41N5O6S2/c1-7-8-17-43-18-11-16-37-29(34-24-12-9-10-13-27(24)45(37,40)41)28(36-21-22(20-33-36)31(39)42-5)30(38)35-25-19-23(32(2,3)4)14-15-26(25)44-6/h9-10,12-15,19-21,28H,7-8,11,16-18H2,1-6H3,(H,35,38). The van der Waals surface area contributed by atoms with Gasteiger partial charge in [-0.2, -0.15) is 5.10 Å². The van der Waals surface area contributed by atoms with Gasteiger partial charge in [-0.1, -0.05) is 52.3 Å². The number of carbonyl (C=O) groups is 2. The van der Waals surface area contributed by atoms with E-state index in [4.69, 9.17) is 14.5 Å². The Kier molecular flexibility index (Phi) is 11.1. The van der Waals surface area contributed by atoms with Gasteiger partial charge in [0, 0.05) is 30.9 Å². The molecule has 242 valence electrons. The van der Waals surface area contributed by atoms with Crippen LogP contribution in [0.1, 0.15) is 68.9 Å². The number of aromatic nitrogens is 2. The number of hydrogen-bond acceptors (Lipinski definition) is 9. The summed E-state index contributed by atoms with van der Waals surface area (Å²) in [5.74, 6) is -1.27. The lowest BCUT2D eigenvalue weighted by Crippen LogP contribution is -2.47. The third-order valence-electron chi connectivity index (χ3n) is 7.32. The number of anilines is 1. The van der Waals surface area contributed by atoms with E-state index in [9.17, 15) is 18.0 Å². The van der Waals surface area contributed by atoms with Gasteiger partial charge in [0.05, 0.1) is 30.2 Å². The Morgan fingerprint density at radius 1 is 1.09 bits per heavy atom. The number of fused-ring (bicyclic) bond motifs is 1. The summed E-state index contributed by atoms with van der Waals surface area (Å²) in [4.78, 5) is 32.3. The van der Waals surface area contributed by atoms with Crippen LogP contribution in [-0.2, 0) is 29.7 Å². The van der Waals surface area contributed by atoms with Gasteiger partial charge in [0.25, 0.3) is 15.9 Å². The quantitative estimate of drug-likeness (QED) is 0.139. The average molecular weight is 656 g/mol. The van der Waals surface area contributed by atoms with E-state index in [0.717, 1.165) is 27.6 Å². The molecule has 2 aromatic carbocycles. The molecule has 0 fully saturated rings. The van der Waals surface area contributed by atoms with Crippen molar-refractivity contribution >= 4 is 50.9 Å². The molecule has 1 atom stereocenters. The molecule has 4 rings (SSSR count). The molecule has 1 N–H and O–H groups in total. The van der Waals surface area contributed by atoms with Crippen LogP contribution in [0, 0.1) is 0 Å². The monoisotopic (exact) mass is 655 g/mol. The molecule has 1 aliphatic rings. The zero-order valence-electron chi connectivity index (χ0n) is 26.6. The van der Waals surface area contributed by atoms with Gasteiger partial charge in [0.15, 0.2) is 11.9 Å². The zero-order chi connectivity index (χ0) is 32.8. The highest BCUT2D eigenvalue weighted by Gasteiger charge is 2.41. The largest absolute Gasteiger partial charge is 0.465 e. The number of amides is 1. The maximum atomic E-state index is 14.4. The van der Waals surface area contributed by atoms with Gasteiger partial charge >= 0.3 is 5.97 Å². The van der Waals surface area contributed by atoms with Crippen LogP contribution < -0.4 is 5.32 Å². The molecular weight excluding hydrogens is 615 g/mol. The number of ether oxygens (including phenoxy) is 2. The van der Waals surface area contributed by atoms with Crippen LogP contribution >= 0.6 is 11.8 Å². The second kappa shape index (κ2) is 14.6. The minimum absolute atomic E-state index is 0.0199. The normalized spacial score (nSPS) is 14.8. The van der Waals surface area contributed by atoms with Crippen molar-refractivity contribution in [2.45, 2.75) is 68.2 Å². The summed E-state index contributed by atoms with van der Waals surface area (Å²) in [5, 5.41) is 7.33. The summed E-state index contributed by atoms with van der Waals surface area (Å²) < 4.78 is 41.1. The predicted octanol–water partition coefficient (Wildman–Crippen LogP) is 5.81. The molecule has 1 amide bonds. The number of nitrogens with zero attached hydrogens (tertiary/aromatic N) is 4. The van der Waals surface area contributed by atoms with Gasteiger partial charge in [-0.25, -0.2) is 18.2 Å². The average Bonchev–Trinajstić information content (AvgIpc) is 3.49. The van der Waals surface area contributed by atoms with Gasteiger partial charge in [0.1, 0.15) is 4.90 Å². The number of para-hydroxylation sites is 1. The number of unbranched alkanes of at least 4 members (excludes halogenated alkanes) is 1. The van der Waals surface area contributed by atoms with Crippen molar-refractivity contribution in [2.75, 3.05) is 38.4 Å². The highest BCUT2D eigenvalue weighted by molar-refractivity contribution is 7.98. The third-order valence-corrected chi connectivity index (χ3v) is 9.97. The van der Waals surface area contributed by atoms with Crippen molar-refractivity contribution in [3.8, 4) is 0 Å². The van der Waals surface area contributed by atoms with E-state index in [0.29, 0.717) is 25.3 Å². The summed E-state index contributed by atoms with van der Waals surface area (Å²) in [7, 11) is -2.87. The first-order valence-corrected chi connectivity index (χ1v) is 17.5. The Labute approximate surface area is 269 Å². The molecule has 0 spiro atoms. The Morgan fingerprint density at radius 3 is 2.51 bits per heavy atom. The number of nitrogens with one attached hydrogen (secondary N) is 1. The molecule has 0 aliphatic carbocycles. The van der Waals surface area contributed by atoms with Crippen LogP contribution in [0.2, 0.25) is 0 Å². The summed E-state index contributed by atoms with van der Waals surface area (Å²) in [6, 6.07) is 10.9. The van der Waals surface area contributed by atoms with Gasteiger partial charge < -0.3 is 14.8 Å². The molecule has 0 radical (unpaired) electrons. The topological polar surface area (TPSA) is 132 Å². The van der Waals surface area contributed by atoms with Gasteiger partial charge in [-0.05, 0) is 54.3 Å². The molecule has 0 saturated carbocycles. The van der Waals surface area contributed by atoms with Crippen molar-refractivity contribution < 1.29 is 27.5 Å². The first kappa shape index (κ1) is 34.2. The number of carbonyl (C=O) groups excluding carboxylic acids is 2. The van der Waals surface area contributed by atoms with Crippen molar-refractivity contribution in [2.24, 2.45) is 4.99 Å². The number of thioether (sulfide) groups is 1. The molecule has 0 saturated heterocycles. The van der Waals surface area contributed by atoms with Crippen molar-refractivity contribution in [1.82, 2.24) is 14.1 Å². The molecule has 0 bridgehead atoms. The van der Waals surface area contributed by atoms with Crippen molar-refractivity contribution in [3.63, 3.8) is 0 Å². The molecule has 3 aromatic rings. The Balaban J connectivity index is 1.83. The number of hydrogen-bond donors (Lipinski definition) is 1. The van der Waals surface area contributed by atoms with E-state index in [-0.39, 0.29) is 33.9 Å². The molecular formula is C32H41N5O6S2. The second-order valence-electron chi connectivity index (χ2n) is 11.6. The number of methoxy groups -OCH3 is 1. The summed E-state index contributed by atoms with van der Waals surface area (Å²) >= 11 is 1.47. The first-order chi connectivity index (χ1) is 21.4. The van der Waals surface area contributed by atoms with Gasteiger partial charge in [-0.15, -0.1) is 11.8 Å². The van der Waals surface area contributed by atoms with E-state index >= 15 is 0 Å². The predicted molar refractivity (Wildman–Crippen MR) is 176 cm³/mol. The van der Waals surface area contributed by atoms with E-state index in [1.807, 2.05) is 24.5 Å². The van der Waals surface area contributed by atoms with E-state index in [2.05, 4.69) is 38.1 Å². The first-order valence-electron chi connectivity index (χ1n) is 14.8. The summed E-state index contributed by atoms with van der Waals surface area (Å²) in [6.07, 6.45) is 6.81. The zero-order valence-corrected chi connectivity index (χ0v) is 28.2. The van der Waals surface area contributed by atoms with E-state index < -0.39 is 27.9 Å². The van der Waals surface area contributed by atoms with Crippen LogP contribution in [0.15, 0.2) is 69.6 Å². The van der Waals surface area contributed by atoms with Crippen LogP contribution in [0.25, 0.3) is 0 Å². The lowest BCUT2D eigenvalue weighted by atomic mass is 9.87. The SMILES string of the molecule is CCCCOCCCN1C(C(C(=O)Nc2cc(C(C)(C)C)ccc2SC)n2cc(C(=O)OC)cn2)=Nc2ccccc2S1(=O)=O. The molecule has 2 heterocycles. The smallest absolute Gasteiger partial charge is 0.341 e. The fraction of sp³-hybridized carbons (Fsp3) is 0.438. The molecule has 11 nitrogen and oxygen atoms in total. The molecule has 1 aliphatic heterocycles. The minimum atomic E-state index is -4.11. The maximum absolute atomic E-state index is 14.4. The van der Waals surface area contributed by atoms with Crippen molar-refractivity contribution in [3.05, 3.63) is 66.0 Å². The lowest BCUT2D eigenvalue weighted by molar-refractivity contribution is -0.117. The number of esters is 1. The van der Waals surface area contributed by atoms with Gasteiger partial charge in [0.2, 0.25) is 0 Å². The highest BCUT2D eigenvalue weighted by atomic mass is 32.2. The minimum Gasteiger partial charge on any atom is -0.465 e. The fourth-order valence-corrected chi connectivity index (χ4v) is 6.97. The highest BCUT2D eigenvalue weighted by Crippen LogP contribution is 2.36. The molecule has 13 heteroatoms. The Bertz CT molecular complexity index is 1660. The number of amidine groups is 1. The van der Waals surface area contributed by atoms with Crippen LogP contribution in [0.4, 0.5) is 11.4 Å². The Hall–Kier alpha value is -3.68. The number of sulfonamides is 1. The van der Waals surface area contributed by atoms with Crippen LogP contribution in [0.5, 0.6) is 0 Å². The van der Waals surface area contributed by atoms with E-state index in [1.165, 1.54) is 42.0 Å². The molecule has 1 unspecified atom stereocenters. The molecule has 45 heavy (non-hydrogen) atoms. The maximum Gasteiger partial charge on any atom is 0.341 e. The van der Waals surface area contributed by atoms with Crippen LogP contribution in [0.3, 0.4) is 0 Å². The summed E-state index contributed by atoms with van der Waals surface area (Å²) in [6.45, 7) is 9.24. The number of benzene rings is 2. The van der Waals surface area contributed by atoms with Gasteiger partial charge in [-0.3, -0.25) is 13.8 Å². The fourth-order valence-electron chi connectivity index (χ4n) is 4.81. The van der Waals surface area contributed by atoms with E-state index in [1.54, 1.807) is 18.2 Å². The lowest BCUT2D eigenvalue weighted by Gasteiger charge is -2.33. The molecule has 1 aromatic heterocycles. The summed E-state index contributed by atoms with van der Waals surface area (Å²) in [5.41, 5.74) is 1.70. The Morgan fingerprint density at radius 2 is 1.82 bits per heavy atom. The number of rotatable bonds is 13. The third kappa shape index (κ3) is 7.77.